The number of carbonyl (C=O) groups excluding carboxylic acids is 1. The third kappa shape index (κ3) is 6.10. The van der Waals surface area contributed by atoms with Gasteiger partial charge in [0.25, 0.3) is 11.5 Å². The first-order valence-corrected chi connectivity index (χ1v) is 15.4. The quantitative estimate of drug-likeness (QED) is 0.238. The first-order valence-electron chi connectivity index (χ1n) is 13.0. The van der Waals surface area contributed by atoms with Crippen molar-refractivity contribution in [2.45, 2.75) is 26.8 Å². The molecule has 4 aromatic rings. The molecular weight excluding hydrogens is 670 g/mol. The molecule has 0 saturated carbocycles. The van der Waals surface area contributed by atoms with Crippen LogP contribution in [0.3, 0.4) is 0 Å². The molecular formula is C31H27Br2N3O4S. The number of para-hydroxylation sites is 1. The number of thiazole rings is 1. The lowest BCUT2D eigenvalue weighted by atomic mass is 9.95. The van der Waals surface area contributed by atoms with E-state index in [9.17, 15) is 9.59 Å². The molecule has 1 atom stereocenters. The van der Waals surface area contributed by atoms with E-state index in [0.29, 0.717) is 51.0 Å². The highest BCUT2D eigenvalue weighted by Gasteiger charge is 2.32. The number of rotatable bonds is 8. The van der Waals surface area contributed by atoms with Crippen molar-refractivity contribution in [3.05, 3.63) is 118 Å². The topological polar surface area (TPSA) is 81.9 Å². The van der Waals surface area contributed by atoms with Crippen molar-refractivity contribution in [3.8, 4) is 11.5 Å². The second kappa shape index (κ2) is 12.6. The molecule has 1 amide bonds. The Balaban J connectivity index is 1.64. The summed E-state index contributed by atoms with van der Waals surface area (Å²) in [4.78, 5) is 33.0. The summed E-state index contributed by atoms with van der Waals surface area (Å²) in [6.07, 6.45) is 1.83. The Labute approximate surface area is 258 Å². The van der Waals surface area contributed by atoms with Crippen molar-refractivity contribution in [1.29, 1.82) is 0 Å². The second-order valence-corrected chi connectivity index (χ2v) is 11.9. The van der Waals surface area contributed by atoms with E-state index in [0.717, 1.165) is 20.1 Å². The van der Waals surface area contributed by atoms with E-state index in [1.54, 1.807) is 11.5 Å². The van der Waals surface area contributed by atoms with Gasteiger partial charge in [-0.25, -0.2) is 4.99 Å². The van der Waals surface area contributed by atoms with E-state index in [4.69, 9.17) is 14.5 Å². The minimum Gasteiger partial charge on any atom is -0.494 e. The number of fused-ring (bicyclic) bond motifs is 1. The predicted octanol–water partition coefficient (Wildman–Crippen LogP) is 6.20. The van der Waals surface area contributed by atoms with Gasteiger partial charge in [0.15, 0.2) is 4.80 Å². The Morgan fingerprint density at radius 3 is 2.32 bits per heavy atom. The van der Waals surface area contributed by atoms with Crippen molar-refractivity contribution < 1.29 is 14.3 Å². The monoisotopic (exact) mass is 695 g/mol. The molecule has 1 N–H and O–H groups in total. The molecule has 210 valence electrons. The summed E-state index contributed by atoms with van der Waals surface area (Å²) >= 11 is 8.43. The number of ether oxygens (including phenoxy) is 2. The fourth-order valence-electron chi connectivity index (χ4n) is 4.66. The molecule has 41 heavy (non-hydrogen) atoms. The lowest BCUT2D eigenvalue weighted by molar-refractivity contribution is -0.113. The Kier molecular flexibility index (Phi) is 8.91. The summed E-state index contributed by atoms with van der Waals surface area (Å²) in [6.45, 7) is 6.71. The van der Waals surface area contributed by atoms with Gasteiger partial charge in [-0.2, -0.15) is 0 Å². The molecule has 10 heteroatoms. The zero-order valence-electron chi connectivity index (χ0n) is 22.6. The highest BCUT2D eigenvalue weighted by Crippen LogP contribution is 2.35. The molecule has 0 fully saturated rings. The first-order chi connectivity index (χ1) is 19.8. The molecule has 0 spiro atoms. The molecule has 1 aliphatic heterocycles. The fraction of sp³-hybridized carbons (Fsp3) is 0.194. The maximum absolute atomic E-state index is 14.0. The van der Waals surface area contributed by atoms with Gasteiger partial charge in [0.2, 0.25) is 0 Å². The highest BCUT2D eigenvalue weighted by molar-refractivity contribution is 9.11. The van der Waals surface area contributed by atoms with Crippen LogP contribution < -0.4 is 29.7 Å². The third-order valence-corrected chi connectivity index (χ3v) is 8.57. The van der Waals surface area contributed by atoms with Crippen LogP contribution in [-0.4, -0.2) is 23.7 Å². The van der Waals surface area contributed by atoms with E-state index >= 15 is 0 Å². The SMILES string of the molecule is CCOc1ccc([C@H]2C(C(=O)Nc3ccccc3)=C(C)N=c3s/c(=C\c4cc(Br)c(OCC)c(Br)c4)c(=O)n32)cc1. The molecule has 1 aromatic heterocycles. The number of allylic oxidation sites excluding steroid dienone is 1. The first kappa shape index (κ1) is 29.0. The van der Waals surface area contributed by atoms with Gasteiger partial charge in [-0.05, 0) is 106 Å². The van der Waals surface area contributed by atoms with Gasteiger partial charge in [0.1, 0.15) is 11.5 Å². The predicted molar refractivity (Wildman–Crippen MR) is 169 cm³/mol. The third-order valence-electron chi connectivity index (χ3n) is 6.41. The number of nitrogens with one attached hydrogen (secondary N) is 1. The van der Waals surface area contributed by atoms with Crippen LogP contribution in [0.5, 0.6) is 11.5 Å². The summed E-state index contributed by atoms with van der Waals surface area (Å²) in [5.41, 5.74) is 2.98. The summed E-state index contributed by atoms with van der Waals surface area (Å²) < 4.78 is 15.0. The molecule has 7 nitrogen and oxygen atoms in total. The largest absolute Gasteiger partial charge is 0.494 e. The number of halogens is 2. The van der Waals surface area contributed by atoms with Crippen LogP contribution in [-0.2, 0) is 4.79 Å². The molecule has 0 aliphatic carbocycles. The van der Waals surface area contributed by atoms with Crippen molar-refractivity contribution in [2.75, 3.05) is 18.5 Å². The molecule has 0 radical (unpaired) electrons. The molecule has 0 bridgehead atoms. The zero-order chi connectivity index (χ0) is 29.1. The van der Waals surface area contributed by atoms with E-state index in [2.05, 4.69) is 37.2 Å². The summed E-state index contributed by atoms with van der Waals surface area (Å²) in [6, 6.07) is 19.9. The lowest BCUT2D eigenvalue weighted by Gasteiger charge is -2.25. The fourth-order valence-corrected chi connectivity index (χ4v) is 7.15. The molecule has 3 aromatic carbocycles. The maximum Gasteiger partial charge on any atom is 0.271 e. The van der Waals surface area contributed by atoms with Gasteiger partial charge in [0.05, 0.1) is 44.0 Å². The van der Waals surface area contributed by atoms with Crippen LogP contribution in [0.1, 0.15) is 37.9 Å². The normalized spacial score (nSPS) is 14.9. The van der Waals surface area contributed by atoms with Crippen LogP contribution in [0, 0.1) is 0 Å². The minimum atomic E-state index is -0.674. The Morgan fingerprint density at radius 1 is 1.02 bits per heavy atom. The number of amides is 1. The van der Waals surface area contributed by atoms with Gasteiger partial charge in [-0.15, -0.1) is 0 Å². The van der Waals surface area contributed by atoms with Crippen LogP contribution in [0.25, 0.3) is 6.08 Å². The number of anilines is 1. The smallest absolute Gasteiger partial charge is 0.271 e. The van der Waals surface area contributed by atoms with E-state index in [-0.39, 0.29) is 11.5 Å². The second-order valence-electron chi connectivity index (χ2n) is 9.15. The zero-order valence-corrected chi connectivity index (χ0v) is 26.6. The Morgan fingerprint density at radius 2 is 1.68 bits per heavy atom. The maximum atomic E-state index is 14.0. The Hall–Kier alpha value is -3.47. The average molecular weight is 697 g/mol. The Bertz CT molecular complexity index is 1790. The van der Waals surface area contributed by atoms with Crippen LogP contribution >= 0.6 is 43.2 Å². The summed E-state index contributed by atoms with van der Waals surface area (Å²) in [7, 11) is 0. The number of carbonyl (C=O) groups is 1. The van der Waals surface area contributed by atoms with E-state index in [1.807, 2.05) is 86.7 Å². The van der Waals surface area contributed by atoms with Crippen molar-refractivity contribution in [2.24, 2.45) is 4.99 Å². The van der Waals surface area contributed by atoms with Crippen LogP contribution in [0.15, 0.2) is 96.7 Å². The van der Waals surface area contributed by atoms with Gasteiger partial charge >= 0.3 is 0 Å². The van der Waals surface area contributed by atoms with Crippen molar-refractivity contribution in [1.82, 2.24) is 4.57 Å². The van der Waals surface area contributed by atoms with Gasteiger partial charge in [-0.1, -0.05) is 41.7 Å². The minimum absolute atomic E-state index is 0.230. The molecule has 5 rings (SSSR count). The number of hydrogen-bond donors (Lipinski definition) is 1. The van der Waals surface area contributed by atoms with E-state index in [1.165, 1.54) is 11.3 Å². The van der Waals surface area contributed by atoms with Crippen LogP contribution in [0.4, 0.5) is 5.69 Å². The number of aromatic nitrogens is 1. The molecule has 0 unspecified atom stereocenters. The van der Waals surface area contributed by atoms with Gasteiger partial charge < -0.3 is 14.8 Å². The molecule has 0 saturated heterocycles. The number of nitrogens with zero attached hydrogens (tertiary/aromatic N) is 2. The van der Waals surface area contributed by atoms with Crippen molar-refractivity contribution in [3.63, 3.8) is 0 Å². The standard InChI is InChI=1S/C31H27Br2N3O4S/c1-4-39-22-13-11-20(12-14-22)27-26(29(37)35-21-9-7-6-8-10-21)18(3)34-31-36(27)30(38)25(41-31)17-19-15-23(32)28(40-5-2)24(33)16-19/h6-17,27H,4-5H2,1-3H3,(H,35,37)/b25-17-/t27-/m0/s1. The average Bonchev–Trinajstić information content (AvgIpc) is 3.25. The number of hydrogen-bond acceptors (Lipinski definition) is 6. The van der Waals surface area contributed by atoms with Gasteiger partial charge in [-0.3, -0.25) is 14.2 Å². The van der Waals surface area contributed by atoms with Crippen LogP contribution in [0.2, 0.25) is 0 Å². The molecule has 1 aliphatic rings. The molecule has 2 heterocycles. The summed E-state index contributed by atoms with van der Waals surface area (Å²) in [5.74, 6) is 1.10. The van der Waals surface area contributed by atoms with E-state index < -0.39 is 6.04 Å². The summed E-state index contributed by atoms with van der Waals surface area (Å²) in [5, 5.41) is 2.97. The number of benzene rings is 3. The highest BCUT2D eigenvalue weighted by atomic mass is 79.9. The van der Waals surface area contributed by atoms with Gasteiger partial charge in [0, 0.05) is 5.69 Å². The van der Waals surface area contributed by atoms with Crippen molar-refractivity contribution >= 4 is 60.9 Å². The lowest BCUT2D eigenvalue weighted by Crippen LogP contribution is -2.40.